The molecule has 1 atom stereocenters. The fourth-order valence-electron chi connectivity index (χ4n) is 2.06. The number of rotatable bonds is 2. The van der Waals surface area contributed by atoms with E-state index in [-0.39, 0.29) is 5.82 Å². The summed E-state index contributed by atoms with van der Waals surface area (Å²) in [7, 11) is 0. The van der Waals surface area contributed by atoms with E-state index in [1.165, 1.54) is 12.1 Å². The Morgan fingerprint density at radius 1 is 0.947 bits per heavy atom. The minimum atomic E-state index is -0.399. The van der Waals surface area contributed by atoms with Crippen LogP contribution < -0.4 is 5.73 Å². The molecule has 2 rings (SSSR count). The zero-order valence-corrected chi connectivity index (χ0v) is 12.2. The molecule has 1 unspecified atom stereocenters. The van der Waals surface area contributed by atoms with Crippen LogP contribution in [0.3, 0.4) is 0 Å². The molecule has 19 heavy (non-hydrogen) atoms. The van der Waals surface area contributed by atoms with Crippen LogP contribution in [0.2, 0.25) is 10.0 Å². The van der Waals surface area contributed by atoms with Crippen LogP contribution in [0.5, 0.6) is 0 Å². The fraction of sp³-hybridized carbons (Fsp3) is 0.200. The first-order chi connectivity index (χ1) is 8.90. The molecule has 0 spiro atoms. The van der Waals surface area contributed by atoms with Crippen molar-refractivity contribution >= 4 is 23.2 Å². The highest BCUT2D eigenvalue weighted by Crippen LogP contribution is 2.31. The largest absolute Gasteiger partial charge is 0.320 e. The van der Waals surface area contributed by atoms with Gasteiger partial charge in [0.1, 0.15) is 5.82 Å². The summed E-state index contributed by atoms with van der Waals surface area (Å²) in [6.45, 7) is 3.86. The molecule has 0 saturated carbocycles. The molecule has 0 aliphatic carbocycles. The second-order valence-electron chi connectivity index (χ2n) is 4.60. The molecule has 0 aliphatic heterocycles. The Kier molecular flexibility index (Phi) is 4.14. The van der Waals surface area contributed by atoms with E-state index in [4.69, 9.17) is 28.9 Å². The molecular weight excluding hydrogens is 284 g/mol. The lowest BCUT2D eigenvalue weighted by Crippen LogP contribution is -2.14. The first kappa shape index (κ1) is 14.3. The highest BCUT2D eigenvalue weighted by molar-refractivity contribution is 6.31. The lowest BCUT2D eigenvalue weighted by atomic mass is 9.94. The predicted octanol–water partition coefficient (Wildman–Crippen LogP) is 4.80. The molecule has 2 aromatic rings. The molecule has 2 N–H and O–H groups in total. The molecule has 0 saturated heterocycles. The lowest BCUT2D eigenvalue weighted by Gasteiger charge is -2.18. The Hall–Kier alpha value is -1.09. The summed E-state index contributed by atoms with van der Waals surface area (Å²) in [4.78, 5) is 0. The van der Waals surface area contributed by atoms with Crippen molar-refractivity contribution in [3.05, 3.63) is 68.4 Å². The van der Waals surface area contributed by atoms with Gasteiger partial charge in [0.15, 0.2) is 0 Å². The van der Waals surface area contributed by atoms with Gasteiger partial charge in [-0.1, -0.05) is 35.3 Å². The molecule has 0 aromatic heterocycles. The second kappa shape index (κ2) is 5.49. The van der Waals surface area contributed by atoms with Gasteiger partial charge < -0.3 is 5.73 Å². The molecule has 0 fully saturated rings. The summed E-state index contributed by atoms with van der Waals surface area (Å²) in [5.41, 5.74) is 9.82. The number of nitrogens with two attached hydrogens (primary N) is 1. The van der Waals surface area contributed by atoms with Gasteiger partial charge in [0.25, 0.3) is 0 Å². The van der Waals surface area contributed by atoms with Crippen LogP contribution in [0, 0.1) is 19.7 Å². The Morgan fingerprint density at radius 2 is 1.63 bits per heavy atom. The number of hydrogen-bond donors (Lipinski definition) is 1. The standard InChI is InChI=1S/C15H14Cl2FN/c1-8-6-13(16)9(2)5-12(8)15(19)11-4-3-10(18)7-14(11)17/h3-7,15H,19H2,1-2H3. The van der Waals surface area contributed by atoms with Crippen LogP contribution in [0.25, 0.3) is 0 Å². The Balaban J connectivity index is 2.49. The predicted molar refractivity (Wildman–Crippen MR) is 78.4 cm³/mol. The van der Waals surface area contributed by atoms with Crippen molar-refractivity contribution in [1.82, 2.24) is 0 Å². The molecular formula is C15H14Cl2FN. The van der Waals surface area contributed by atoms with Crippen molar-refractivity contribution in [3.8, 4) is 0 Å². The minimum Gasteiger partial charge on any atom is -0.320 e. The monoisotopic (exact) mass is 297 g/mol. The fourth-order valence-corrected chi connectivity index (χ4v) is 2.56. The van der Waals surface area contributed by atoms with Gasteiger partial charge in [-0.25, -0.2) is 4.39 Å². The highest BCUT2D eigenvalue weighted by Gasteiger charge is 2.16. The van der Waals surface area contributed by atoms with Crippen molar-refractivity contribution in [3.63, 3.8) is 0 Å². The van der Waals surface area contributed by atoms with Crippen molar-refractivity contribution in [1.29, 1.82) is 0 Å². The summed E-state index contributed by atoms with van der Waals surface area (Å²) in [6.07, 6.45) is 0. The van der Waals surface area contributed by atoms with Crippen LogP contribution in [-0.4, -0.2) is 0 Å². The van der Waals surface area contributed by atoms with Crippen LogP contribution in [0.15, 0.2) is 30.3 Å². The van der Waals surface area contributed by atoms with Gasteiger partial charge in [-0.15, -0.1) is 0 Å². The molecule has 0 amide bonds. The molecule has 1 nitrogen and oxygen atoms in total. The quantitative estimate of drug-likeness (QED) is 0.847. The first-order valence-corrected chi connectivity index (χ1v) is 6.63. The summed E-state index contributed by atoms with van der Waals surface area (Å²) in [5.74, 6) is -0.370. The first-order valence-electron chi connectivity index (χ1n) is 5.87. The van der Waals surface area contributed by atoms with Gasteiger partial charge in [-0.2, -0.15) is 0 Å². The maximum absolute atomic E-state index is 13.1. The van der Waals surface area contributed by atoms with Gasteiger partial charge in [-0.3, -0.25) is 0 Å². The van der Waals surface area contributed by atoms with Crippen molar-refractivity contribution < 1.29 is 4.39 Å². The topological polar surface area (TPSA) is 26.0 Å². The molecule has 4 heteroatoms. The molecule has 2 aromatic carbocycles. The van der Waals surface area contributed by atoms with Gasteiger partial charge in [0.05, 0.1) is 6.04 Å². The van der Waals surface area contributed by atoms with Crippen molar-refractivity contribution in [2.75, 3.05) is 0 Å². The SMILES string of the molecule is Cc1cc(C(N)c2ccc(F)cc2Cl)c(C)cc1Cl. The van der Waals surface area contributed by atoms with E-state index in [0.717, 1.165) is 16.7 Å². The molecule has 100 valence electrons. The van der Waals surface area contributed by atoms with Gasteiger partial charge >= 0.3 is 0 Å². The Labute approximate surface area is 122 Å². The summed E-state index contributed by atoms with van der Waals surface area (Å²) >= 11 is 12.1. The summed E-state index contributed by atoms with van der Waals surface area (Å²) < 4.78 is 13.1. The van der Waals surface area contributed by atoms with Gasteiger partial charge in [0, 0.05) is 10.0 Å². The average Bonchev–Trinajstić information content (AvgIpc) is 2.33. The Morgan fingerprint density at radius 3 is 2.26 bits per heavy atom. The van der Waals surface area contributed by atoms with E-state index in [0.29, 0.717) is 15.6 Å². The number of benzene rings is 2. The van der Waals surface area contributed by atoms with Crippen LogP contribution in [0.1, 0.15) is 28.3 Å². The van der Waals surface area contributed by atoms with E-state index >= 15 is 0 Å². The average molecular weight is 298 g/mol. The van der Waals surface area contributed by atoms with Gasteiger partial charge in [0.2, 0.25) is 0 Å². The third-order valence-corrected chi connectivity index (χ3v) is 3.91. The minimum absolute atomic E-state index is 0.333. The maximum Gasteiger partial charge on any atom is 0.124 e. The third kappa shape index (κ3) is 2.92. The van der Waals surface area contributed by atoms with Gasteiger partial charge in [-0.05, 0) is 54.3 Å². The van der Waals surface area contributed by atoms with Crippen LogP contribution >= 0.6 is 23.2 Å². The van der Waals surface area contributed by atoms with Crippen LogP contribution in [-0.2, 0) is 0 Å². The summed E-state index contributed by atoms with van der Waals surface area (Å²) in [5, 5.41) is 1.04. The zero-order chi connectivity index (χ0) is 14.2. The third-order valence-electron chi connectivity index (χ3n) is 3.18. The second-order valence-corrected chi connectivity index (χ2v) is 5.42. The number of hydrogen-bond acceptors (Lipinski definition) is 1. The molecule has 0 aliphatic rings. The number of halogens is 3. The van der Waals surface area contributed by atoms with E-state index in [1.807, 2.05) is 26.0 Å². The lowest BCUT2D eigenvalue weighted by molar-refractivity contribution is 0.626. The molecule has 0 bridgehead atoms. The maximum atomic E-state index is 13.1. The van der Waals surface area contributed by atoms with E-state index in [1.54, 1.807) is 6.07 Å². The highest BCUT2D eigenvalue weighted by atomic mass is 35.5. The Bertz CT molecular complexity index is 626. The molecule has 0 radical (unpaired) electrons. The van der Waals surface area contributed by atoms with E-state index < -0.39 is 6.04 Å². The molecule has 0 heterocycles. The smallest absolute Gasteiger partial charge is 0.124 e. The van der Waals surface area contributed by atoms with E-state index in [9.17, 15) is 4.39 Å². The zero-order valence-electron chi connectivity index (χ0n) is 10.7. The van der Waals surface area contributed by atoms with Crippen molar-refractivity contribution in [2.45, 2.75) is 19.9 Å². The van der Waals surface area contributed by atoms with E-state index in [2.05, 4.69) is 0 Å². The number of aryl methyl sites for hydroxylation is 2. The van der Waals surface area contributed by atoms with Crippen LogP contribution in [0.4, 0.5) is 4.39 Å². The normalized spacial score (nSPS) is 12.5. The van der Waals surface area contributed by atoms with Crippen molar-refractivity contribution in [2.24, 2.45) is 5.73 Å². The summed E-state index contributed by atoms with van der Waals surface area (Å²) in [6, 6.07) is 7.68.